The van der Waals surface area contributed by atoms with Gasteiger partial charge in [-0.25, -0.2) is 4.57 Å². The normalized spacial score (nSPS) is 21.5. The summed E-state index contributed by atoms with van der Waals surface area (Å²) in [6, 6.07) is 5.85. The number of rotatable bonds is 5. The maximum absolute atomic E-state index is 12.9. The fourth-order valence-corrected chi connectivity index (χ4v) is 4.59. The van der Waals surface area contributed by atoms with Crippen molar-refractivity contribution in [1.82, 2.24) is 0 Å². The highest BCUT2D eigenvalue weighted by Gasteiger charge is 2.35. The summed E-state index contributed by atoms with van der Waals surface area (Å²) in [6.07, 6.45) is 4.77. The molecule has 1 aliphatic heterocycles. The third-order valence-corrected chi connectivity index (χ3v) is 5.71. The molecule has 0 aliphatic carbocycles. The summed E-state index contributed by atoms with van der Waals surface area (Å²) in [5.74, 6) is 0. The van der Waals surface area contributed by atoms with Crippen LogP contribution in [0.25, 0.3) is 5.57 Å². The maximum atomic E-state index is 12.9. The van der Waals surface area contributed by atoms with E-state index in [1.807, 2.05) is 45.0 Å². The standard InChI is InChI=1S/C16H20ClO3P/c1-4-6-16-14(9-10-20-21(16,18)19-5-2)13-8-7-12(3)11-15(13)17/h7-11H,4-6H2,1-3H3. The van der Waals surface area contributed by atoms with E-state index in [4.69, 9.17) is 20.6 Å². The minimum absolute atomic E-state index is 0.341. The van der Waals surface area contributed by atoms with Crippen LogP contribution in [-0.2, 0) is 13.6 Å². The molecule has 1 atom stereocenters. The van der Waals surface area contributed by atoms with Crippen molar-refractivity contribution < 1.29 is 13.6 Å². The van der Waals surface area contributed by atoms with Gasteiger partial charge in [0.1, 0.15) is 0 Å². The predicted octanol–water partition coefficient (Wildman–Crippen LogP) is 5.93. The summed E-state index contributed by atoms with van der Waals surface area (Å²) < 4.78 is 23.7. The third-order valence-electron chi connectivity index (χ3n) is 3.28. The van der Waals surface area contributed by atoms with Crippen LogP contribution in [0.15, 0.2) is 35.9 Å². The molecule has 0 spiro atoms. The second-order valence-corrected chi connectivity index (χ2v) is 7.33. The molecule has 5 heteroatoms. The van der Waals surface area contributed by atoms with Crippen molar-refractivity contribution in [3.05, 3.63) is 52.0 Å². The molecule has 21 heavy (non-hydrogen) atoms. The zero-order valence-corrected chi connectivity index (χ0v) is 14.2. The van der Waals surface area contributed by atoms with Crippen molar-refractivity contribution in [3.8, 4) is 0 Å². The lowest BCUT2D eigenvalue weighted by Gasteiger charge is -2.25. The average Bonchev–Trinajstić information content (AvgIpc) is 2.42. The molecule has 1 unspecified atom stereocenters. The molecule has 0 amide bonds. The van der Waals surface area contributed by atoms with E-state index in [2.05, 4.69) is 0 Å². The van der Waals surface area contributed by atoms with Crippen LogP contribution in [0.1, 0.15) is 37.8 Å². The van der Waals surface area contributed by atoms with Gasteiger partial charge in [-0.2, -0.15) is 0 Å². The van der Waals surface area contributed by atoms with E-state index < -0.39 is 7.60 Å². The van der Waals surface area contributed by atoms with Gasteiger partial charge in [-0.05, 0) is 43.5 Å². The van der Waals surface area contributed by atoms with Crippen LogP contribution in [0.4, 0.5) is 0 Å². The van der Waals surface area contributed by atoms with Gasteiger partial charge in [-0.15, -0.1) is 0 Å². The van der Waals surface area contributed by atoms with Crippen LogP contribution in [-0.4, -0.2) is 6.61 Å². The van der Waals surface area contributed by atoms with Gasteiger partial charge in [0.25, 0.3) is 0 Å². The molecule has 1 aromatic carbocycles. The quantitative estimate of drug-likeness (QED) is 0.629. The van der Waals surface area contributed by atoms with E-state index in [0.717, 1.165) is 23.1 Å². The third kappa shape index (κ3) is 3.42. The van der Waals surface area contributed by atoms with Gasteiger partial charge in [0, 0.05) is 10.6 Å². The second-order valence-electron chi connectivity index (χ2n) is 4.92. The van der Waals surface area contributed by atoms with Crippen LogP contribution in [0.5, 0.6) is 0 Å². The minimum atomic E-state index is -3.26. The molecule has 0 N–H and O–H groups in total. The molecule has 114 valence electrons. The highest BCUT2D eigenvalue weighted by atomic mass is 35.5. The van der Waals surface area contributed by atoms with Crippen molar-refractivity contribution in [2.75, 3.05) is 6.61 Å². The Bertz CT molecular complexity index is 634. The van der Waals surface area contributed by atoms with Crippen molar-refractivity contribution >= 4 is 24.8 Å². The lowest BCUT2D eigenvalue weighted by atomic mass is 10.0. The molecule has 1 aliphatic rings. The number of benzene rings is 1. The molecular weight excluding hydrogens is 307 g/mol. The van der Waals surface area contributed by atoms with Crippen LogP contribution in [0.3, 0.4) is 0 Å². The Kier molecular flexibility index (Phi) is 5.32. The smallest absolute Gasteiger partial charge is 0.406 e. The second kappa shape index (κ2) is 6.83. The fraction of sp³-hybridized carbons (Fsp3) is 0.375. The Balaban J connectivity index is 2.60. The van der Waals surface area contributed by atoms with E-state index in [9.17, 15) is 4.57 Å². The van der Waals surface area contributed by atoms with Crippen molar-refractivity contribution in [1.29, 1.82) is 0 Å². The summed E-state index contributed by atoms with van der Waals surface area (Å²) in [7, 11) is -3.26. The van der Waals surface area contributed by atoms with Crippen molar-refractivity contribution in [3.63, 3.8) is 0 Å². The fourth-order valence-electron chi connectivity index (χ4n) is 2.36. The van der Waals surface area contributed by atoms with E-state index in [-0.39, 0.29) is 0 Å². The zero-order valence-electron chi connectivity index (χ0n) is 12.6. The highest BCUT2D eigenvalue weighted by molar-refractivity contribution is 7.59. The number of aryl methyl sites for hydroxylation is 1. The van der Waals surface area contributed by atoms with Crippen LogP contribution >= 0.6 is 19.2 Å². The molecule has 1 heterocycles. The first-order valence-corrected chi connectivity index (χ1v) is 9.03. The Morgan fingerprint density at radius 1 is 1.33 bits per heavy atom. The van der Waals surface area contributed by atoms with Crippen LogP contribution < -0.4 is 0 Å². The molecule has 3 nitrogen and oxygen atoms in total. The maximum Gasteiger partial charge on any atom is 0.406 e. The minimum Gasteiger partial charge on any atom is -0.429 e. The monoisotopic (exact) mass is 326 g/mol. The van der Waals surface area contributed by atoms with Gasteiger partial charge in [-0.3, -0.25) is 4.52 Å². The summed E-state index contributed by atoms with van der Waals surface area (Å²) in [5, 5.41) is 1.35. The first-order chi connectivity index (χ1) is 10.0. The molecule has 0 fully saturated rings. The van der Waals surface area contributed by atoms with Crippen LogP contribution in [0, 0.1) is 6.92 Å². The summed E-state index contributed by atoms with van der Waals surface area (Å²) in [5.41, 5.74) is 2.81. The first kappa shape index (κ1) is 16.4. The van der Waals surface area contributed by atoms with Gasteiger partial charge < -0.3 is 4.52 Å². The Morgan fingerprint density at radius 3 is 2.71 bits per heavy atom. The number of allylic oxidation sites excluding steroid dienone is 3. The Hall–Kier alpha value is -1.02. The first-order valence-electron chi connectivity index (χ1n) is 7.11. The SMILES string of the molecule is CCCC1=C(c2ccc(C)cc2Cl)C=COP1(=O)OCC. The van der Waals surface area contributed by atoms with Gasteiger partial charge in [-0.1, -0.05) is 37.1 Å². The molecule has 2 rings (SSSR count). The summed E-state index contributed by atoms with van der Waals surface area (Å²) in [4.78, 5) is 0. The van der Waals surface area contributed by atoms with Gasteiger partial charge >= 0.3 is 7.60 Å². The summed E-state index contributed by atoms with van der Waals surface area (Å²) in [6.45, 7) is 6.18. The Labute approximate surface area is 131 Å². The molecule has 0 saturated carbocycles. The van der Waals surface area contributed by atoms with E-state index in [1.165, 1.54) is 6.26 Å². The lowest BCUT2D eigenvalue weighted by molar-refractivity contribution is 0.266. The lowest BCUT2D eigenvalue weighted by Crippen LogP contribution is -2.03. The number of hydrogen-bond donors (Lipinski definition) is 0. The molecule has 0 radical (unpaired) electrons. The number of halogens is 1. The molecule has 0 saturated heterocycles. The van der Waals surface area contributed by atoms with E-state index in [0.29, 0.717) is 23.4 Å². The molecule has 0 bridgehead atoms. The van der Waals surface area contributed by atoms with Gasteiger partial charge in [0.15, 0.2) is 0 Å². The average molecular weight is 327 g/mol. The topological polar surface area (TPSA) is 35.5 Å². The molecule has 1 aromatic rings. The number of hydrogen-bond acceptors (Lipinski definition) is 3. The van der Waals surface area contributed by atoms with E-state index in [1.54, 1.807) is 0 Å². The van der Waals surface area contributed by atoms with Gasteiger partial charge in [0.2, 0.25) is 0 Å². The van der Waals surface area contributed by atoms with Crippen LogP contribution in [0.2, 0.25) is 5.02 Å². The largest absolute Gasteiger partial charge is 0.429 e. The van der Waals surface area contributed by atoms with Crippen molar-refractivity contribution in [2.24, 2.45) is 0 Å². The molecular formula is C16H20ClO3P. The zero-order chi connectivity index (χ0) is 15.5. The summed E-state index contributed by atoms with van der Waals surface area (Å²) >= 11 is 6.36. The van der Waals surface area contributed by atoms with Gasteiger partial charge in [0.05, 0.1) is 18.2 Å². The molecule has 0 aromatic heterocycles. The highest BCUT2D eigenvalue weighted by Crippen LogP contribution is 2.62. The Morgan fingerprint density at radius 2 is 2.10 bits per heavy atom. The van der Waals surface area contributed by atoms with E-state index >= 15 is 0 Å². The van der Waals surface area contributed by atoms with Crippen molar-refractivity contribution in [2.45, 2.75) is 33.6 Å². The predicted molar refractivity (Wildman–Crippen MR) is 87.5 cm³/mol.